The second kappa shape index (κ2) is 6.05. The molecular formula is C16H16O3. The quantitative estimate of drug-likeness (QED) is 0.842. The minimum atomic E-state index is -1.25. The van der Waals surface area contributed by atoms with E-state index in [1.54, 1.807) is 0 Å². The molecule has 0 aromatic heterocycles. The highest BCUT2D eigenvalue weighted by molar-refractivity contribution is 5.57. The maximum atomic E-state index is 10.9. The molecule has 0 saturated heterocycles. The molecule has 1 atom stereocenters. The van der Waals surface area contributed by atoms with E-state index in [9.17, 15) is 4.79 Å². The van der Waals surface area contributed by atoms with E-state index >= 15 is 0 Å². The molecule has 0 spiro atoms. The van der Waals surface area contributed by atoms with Crippen molar-refractivity contribution in [1.82, 2.24) is 0 Å². The van der Waals surface area contributed by atoms with Crippen LogP contribution in [-0.2, 0) is 11.2 Å². The topological polar surface area (TPSA) is 46.5 Å². The van der Waals surface area contributed by atoms with E-state index in [-0.39, 0.29) is 0 Å². The number of rotatable bonds is 4. The van der Waals surface area contributed by atoms with E-state index in [1.807, 2.05) is 61.5 Å². The molecule has 0 fully saturated rings. The van der Waals surface area contributed by atoms with Gasteiger partial charge in [-0.2, -0.15) is 0 Å². The van der Waals surface area contributed by atoms with Crippen molar-refractivity contribution in [3.63, 3.8) is 0 Å². The predicted molar refractivity (Wildman–Crippen MR) is 73.2 cm³/mol. The van der Waals surface area contributed by atoms with E-state index in [2.05, 4.69) is 0 Å². The average Bonchev–Trinajstić information content (AvgIpc) is 2.39. The van der Waals surface area contributed by atoms with Gasteiger partial charge in [0.15, 0.2) is 0 Å². The molecule has 98 valence electrons. The molecule has 1 unspecified atom stereocenters. The molecule has 0 aliphatic carbocycles. The highest BCUT2D eigenvalue weighted by Crippen LogP contribution is 2.25. The van der Waals surface area contributed by atoms with Gasteiger partial charge in [-0.25, -0.2) is 4.79 Å². The van der Waals surface area contributed by atoms with E-state index in [0.717, 1.165) is 16.7 Å². The van der Waals surface area contributed by atoms with Crippen LogP contribution in [0.2, 0.25) is 0 Å². The lowest BCUT2D eigenvalue weighted by molar-refractivity contribution is 0.0511. The van der Waals surface area contributed by atoms with Gasteiger partial charge >= 0.3 is 6.16 Å². The van der Waals surface area contributed by atoms with Crippen molar-refractivity contribution in [2.45, 2.75) is 19.4 Å². The van der Waals surface area contributed by atoms with Crippen LogP contribution < -0.4 is 0 Å². The van der Waals surface area contributed by atoms with Gasteiger partial charge in [0.2, 0.25) is 0 Å². The molecule has 2 rings (SSSR count). The van der Waals surface area contributed by atoms with Crippen molar-refractivity contribution in [2.75, 3.05) is 0 Å². The second-order valence-electron chi connectivity index (χ2n) is 4.42. The summed E-state index contributed by atoms with van der Waals surface area (Å²) in [5.74, 6) is 0. The summed E-state index contributed by atoms with van der Waals surface area (Å²) in [5.41, 5.74) is 3.00. The van der Waals surface area contributed by atoms with Crippen molar-refractivity contribution in [1.29, 1.82) is 0 Å². The molecule has 0 radical (unpaired) electrons. The zero-order chi connectivity index (χ0) is 13.7. The van der Waals surface area contributed by atoms with Gasteiger partial charge in [0.05, 0.1) is 0 Å². The zero-order valence-electron chi connectivity index (χ0n) is 10.7. The maximum Gasteiger partial charge on any atom is 0.506 e. The van der Waals surface area contributed by atoms with Gasteiger partial charge in [-0.05, 0) is 23.6 Å². The monoisotopic (exact) mass is 256 g/mol. The van der Waals surface area contributed by atoms with Gasteiger partial charge in [-0.15, -0.1) is 0 Å². The normalized spacial score (nSPS) is 11.8. The Morgan fingerprint density at radius 3 is 2.37 bits per heavy atom. The fourth-order valence-electron chi connectivity index (χ4n) is 2.11. The first-order chi connectivity index (χ1) is 9.16. The van der Waals surface area contributed by atoms with Crippen LogP contribution in [-0.4, -0.2) is 11.3 Å². The summed E-state index contributed by atoms with van der Waals surface area (Å²) in [6.45, 7) is 1.96. The highest BCUT2D eigenvalue weighted by atomic mass is 16.7. The summed E-state index contributed by atoms with van der Waals surface area (Å²) in [5, 5.41) is 8.89. The molecule has 19 heavy (non-hydrogen) atoms. The number of hydrogen-bond donors (Lipinski definition) is 1. The molecule has 0 bridgehead atoms. The summed E-state index contributed by atoms with van der Waals surface area (Å²) in [7, 11) is 0. The molecule has 0 amide bonds. The number of carboxylic acid groups (broad SMARTS) is 1. The Kier molecular flexibility index (Phi) is 4.18. The van der Waals surface area contributed by atoms with Crippen LogP contribution in [0.15, 0.2) is 54.6 Å². The molecule has 3 nitrogen and oxygen atoms in total. The molecule has 1 N–H and O–H groups in total. The smallest absolute Gasteiger partial charge is 0.450 e. The lowest BCUT2D eigenvalue weighted by Crippen LogP contribution is -2.13. The minimum Gasteiger partial charge on any atom is -0.450 e. The Morgan fingerprint density at radius 2 is 1.74 bits per heavy atom. The third kappa shape index (κ3) is 3.58. The van der Waals surface area contributed by atoms with Gasteiger partial charge in [-0.3, -0.25) is 0 Å². The van der Waals surface area contributed by atoms with E-state index < -0.39 is 12.3 Å². The summed E-state index contributed by atoms with van der Waals surface area (Å²) >= 11 is 0. The molecule has 2 aromatic carbocycles. The molecule has 0 heterocycles. The van der Waals surface area contributed by atoms with Crippen LogP contribution >= 0.6 is 0 Å². The Morgan fingerprint density at radius 1 is 1.11 bits per heavy atom. The number of hydrogen-bond acceptors (Lipinski definition) is 2. The van der Waals surface area contributed by atoms with Crippen LogP contribution in [0.4, 0.5) is 4.79 Å². The molecule has 3 heteroatoms. The molecule has 0 aliphatic heterocycles. The first-order valence-corrected chi connectivity index (χ1v) is 6.16. The van der Waals surface area contributed by atoms with E-state index in [1.165, 1.54) is 0 Å². The molecule has 0 saturated carbocycles. The minimum absolute atomic E-state index is 0.471. The number of ether oxygens (including phenoxy) is 1. The largest absolute Gasteiger partial charge is 0.506 e. The molecule has 2 aromatic rings. The average molecular weight is 256 g/mol. The van der Waals surface area contributed by atoms with Crippen LogP contribution in [0, 0.1) is 6.92 Å². The Hall–Kier alpha value is -2.29. The maximum absolute atomic E-state index is 10.9. The Labute approximate surface area is 112 Å². The highest BCUT2D eigenvalue weighted by Gasteiger charge is 2.18. The van der Waals surface area contributed by atoms with Crippen molar-refractivity contribution in [2.24, 2.45) is 0 Å². The van der Waals surface area contributed by atoms with Crippen LogP contribution in [0.3, 0.4) is 0 Å². The summed E-state index contributed by atoms with van der Waals surface area (Å²) in [6, 6.07) is 17.4. The molecular weight excluding hydrogens is 240 g/mol. The van der Waals surface area contributed by atoms with Crippen molar-refractivity contribution in [3.8, 4) is 0 Å². The fourth-order valence-corrected chi connectivity index (χ4v) is 2.11. The predicted octanol–water partition coefficient (Wildman–Crippen LogP) is 3.97. The summed E-state index contributed by atoms with van der Waals surface area (Å²) < 4.78 is 5.04. The van der Waals surface area contributed by atoms with Gasteiger partial charge in [0, 0.05) is 6.42 Å². The lowest BCUT2D eigenvalue weighted by Gasteiger charge is -2.18. The standard InChI is InChI=1S/C16H16O3/c1-12-7-5-6-10-14(12)15(19-16(17)18)11-13-8-3-2-4-9-13/h2-10,15H,11H2,1H3,(H,17,18). The SMILES string of the molecule is Cc1ccccc1C(Cc1ccccc1)OC(=O)O. The van der Waals surface area contributed by atoms with Gasteiger partial charge in [0.1, 0.15) is 6.10 Å². The summed E-state index contributed by atoms with van der Waals surface area (Å²) in [6.07, 6.45) is -1.18. The van der Waals surface area contributed by atoms with E-state index in [4.69, 9.17) is 9.84 Å². The van der Waals surface area contributed by atoms with Gasteiger partial charge < -0.3 is 9.84 Å². The first-order valence-electron chi connectivity index (χ1n) is 6.16. The first kappa shape index (κ1) is 13.1. The van der Waals surface area contributed by atoms with Gasteiger partial charge in [-0.1, -0.05) is 54.6 Å². The van der Waals surface area contributed by atoms with Gasteiger partial charge in [0.25, 0.3) is 0 Å². The van der Waals surface area contributed by atoms with Crippen molar-refractivity contribution in [3.05, 3.63) is 71.3 Å². The van der Waals surface area contributed by atoms with Crippen LogP contribution in [0.25, 0.3) is 0 Å². The summed E-state index contributed by atoms with van der Waals surface area (Å²) in [4.78, 5) is 10.9. The van der Waals surface area contributed by atoms with Crippen LogP contribution in [0.5, 0.6) is 0 Å². The second-order valence-corrected chi connectivity index (χ2v) is 4.42. The Balaban J connectivity index is 2.26. The van der Waals surface area contributed by atoms with E-state index in [0.29, 0.717) is 6.42 Å². The third-order valence-electron chi connectivity index (χ3n) is 3.04. The molecule has 0 aliphatic rings. The van der Waals surface area contributed by atoms with Crippen molar-refractivity contribution < 1.29 is 14.6 Å². The number of aryl methyl sites for hydroxylation is 1. The van der Waals surface area contributed by atoms with Crippen LogP contribution in [0.1, 0.15) is 22.8 Å². The fraction of sp³-hybridized carbons (Fsp3) is 0.188. The lowest BCUT2D eigenvalue weighted by atomic mass is 9.97. The zero-order valence-corrected chi connectivity index (χ0v) is 10.7. The number of benzene rings is 2. The Bertz CT molecular complexity index is 549. The van der Waals surface area contributed by atoms with Crippen molar-refractivity contribution >= 4 is 6.16 Å². The number of carbonyl (C=O) groups is 1. The third-order valence-corrected chi connectivity index (χ3v) is 3.04.